The topological polar surface area (TPSA) is 65.8 Å². The minimum Gasteiger partial charge on any atom is -0.352 e. The molecule has 0 bridgehead atoms. The number of aromatic nitrogens is 1. The lowest BCUT2D eigenvalue weighted by Crippen LogP contribution is -2.24. The van der Waals surface area contributed by atoms with Crippen molar-refractivity contribution in [3.05, 3.63) is 30.1 Å². The van der Waals surface area contributed by atoms with E-state index in [0.29, 0.717) is 24.9 Å². The Kier molecular flexibility index (Phi) is 4.15. The first-order valence-electron chi connectivity index (χ1n) is 4.40. The molecule has 0 atom stereocenters. The van der Waals surface area contributed by atoms with Crippen molar-refractivity contribution in [3.63, 3.8) is 0 Å². The molecule has 4 heteroatoms. The van der Waals surface area contributed by atoms with Crippen LogP contribution in [0, 0.1) is 11.3 Å². The molecule has 0 aliphatic rings. The van der Waals surface area contributed by atoms with Crippen LogP contribution in [-0.2, 0) is 0 Å². The number of unbranched alkanes of at least 4 members (excludes halogenated alkanes) is 1. The van der Waals surface area contributed by atoms with Crippen LogP contribution in [-0.4, -0.2) is 17.4 Å². The normalized spacial score (nSPS) is 9.07. The summed E-state index contributed by atoms with van der Waals surface area (Å²) in [6.07, 6.45) is 4.30. The fourth-order valence-corrected chi connectivity index (χ4v) is 0.975. The molecule has 4 nitrogen and oxygen atoms in total. The summed E-state index contributed by atoms with van der Waals surface area (Å²) in [6, 6.07) is 5.32. The first kappa shape index (κ1) is 10.2. The summed E-state index contributed by atoms with van der Waals surface area (Å²) in [7, 11) is 0. The molecule has 0 saturated heterocycles. The molecular formula is C10H11N3O. The highest BCUT2D eigenvalue weighted by Gasteiger charge is 2.02. The minimum atomic E-state index is -0.120. The standard InChI is InChI=1S/C10H11N3O/c11-5-1-2-6-13-10(14)9-3-7-12-8-4-9/h3-4,7-8H,1-2,6H2,(H,13,14). The highest BCUT2D eigenvalue weighted by molar-refractivity contribution is 5.93. The number of carbonyl (C=O) groups excluding carboxylic acids is 1. The second-order valence-corrected chi connectivity index (χ2v) is 2.75. The van der Waals surface area contributed by atoms with E-state index in [1.54, 1.807) is 24.5 Å². The highest BCUT2D eigenvalue weighted by Crippen LogP contribution is 1.95. The summed E-state index contributed by atoms with van der Waals surface area (Å²) < 4.78 is 0. The van der Waals surface area contributed by atoms with Gasteiger partial charge < -0.3 is 5.32 Å². The van der Waals surface area contributed by atoms with Crippen molar-refractivity contribution >= 4 is 5.91 Å². The Labute approximate surface area is 82.6 Å². The zero-order valence-corrected chi connectivity index (χ0v) is 7.73. The van der Waals surface area contributed by atoms with Gasteiger partial charge in [0.25, 0.3) is 5.91 Å². The Balaban J connectivity index is 2.33. The average Bonchev–Trinajstić information content (AvgIpc) is 2.25. The van der Waals surface area contributed by atoms with Crippen LogP contribution >= 0.6 is 0 Å². The molecule has 0 radical (unpaired) electrons. The highest BCUT2D eigenvalue weighted by atomic mass is 16.1. The van der Waals surface area contributed by atoms with Crippen LogP contribution in [0.1, 0.15) is 23.2 Å². The van der Waals surface area contributed by atoms with Gasteiger partial charge >= 0.3 is 0 Å². The molecule has 1 heterocycles. The van der Waals surface area contributed by atoms with Crippen LogP contribution in [0.15, 0.2) is 24.5 Å². The van der Waals surface area contributed by atoms with E-state index in [0.717, 1.165) is 0 Å². The summed E-state index contributed by atoms with van der Waals surface area (Å²) in [4.78, 5) is 15.2. The van der Waals surface area contributed by atoms with Gasteiger partial charge in [-0.05, 0) is 18.6 Å². The molecule has 0 saturated carbocycles. The number of nitrogens with one attached hydrogen (secondary N) is 1. The first-order chi connectivity index (χ1) is 6.84. The summed E-state index contributed by atoms with van der Waals surface area (Å²) >= 11 is 0. The molecule has 0 aliphatic carbocycles. The van der Waals surface area contributed by atoms with Gasteiger partial charge in [-0.2, -0.15) is 5.26 Å². The molecule has 72 valence electrons. The maximum atomic E-state index is 11.4. The van der Waals surface area contributed by atoms with E-state index in [1.807, 2.05) is 6.07 Å². The molecular weight excluding hydrogens is 178 g/mol. The third-order valence-corrected chi connectivity index (χ3v) is 1.69. The van der Waals surface area contributed by atoms with Crippen LogP contribution in [0.4, 0.5) is 0 Å². The lowest BCUT2D eigenvalue weighted by Gasteiger charge is -2.02. The van der Waals surface area contributed by atoms with Gasteiger partial charge in [-0.25, -0.2) is 0 Å². The van der Waals surface area contributed by atoms with E-state index in [-0.39, 0.29) is 5.91 Å². The fourth-order valence-electron chi connectivity index (χ4n) is 0.975. The van der Waals surface area contributed by atoms with Gasteiger partial charge in [0.1, 0.15) is 0 Å². The van der Waals surface area contributed by atoms with E-state index >= 15 is 0 Å². The van der Waals surface area contributed by atoms with Gasteiger partial charge in [-0.15, -0.1) is 0 Å². The maximum Gasteiger partial charge on any atom is 0.251 e. The SMILES string of the molecule is N#CCCCNC(=O)c1ccncc1. The van der Waals surface area contributed by atoms with E-state index in [4.69, 9.17) is 5.26 Å². The number of nitrogens with zero attached hydrogens (tertiary/aromatic N) is 2. The summed E-state index contributed by atoms with van der Waals surface area (Å²) in [6.45, 7) is 0.536. The van der Waals surface area contributed by atoms with Crippen LogP contribution < -0.4 is 5.32 Å². The number of pyridine rings is 1. The fraction of sp³-hybridized carbons (Fsp3) is 0.300. The van der Waals surface area contributed by atoms with E-state index in [9.17, 15) is 4.79 Å². The first-order valence-corrected chi connectivity index (χ1v) is 4.40. The van der Waals surface area contributed by atoms with Gasteiger partial charge in [-0.3, -0.25) is 9.78 Å². The smallest absolute Gasteiger partial charge is 0.251 e. The predicted octanol–water partition coefficient (Wildman–Crippen LogP) is 1.12. The zero-order valence-electron chi connectivity index (χ0n) is 7.73. The molecule has 0 unspecified atom stereocenters. The molecule has 1 aromatic heterocycles. The van der Waals surface area contributed by atoms with Crippen LogP contribution in [0.3, 0.4) is 0 Å². The number of hydrogen-bond acceptors (Lipinski definition) is 3. The van der Waals surface area contributed by atoms with Gasteiger partial charge in [0.2, 0.25) is 0 Å². The van der Waals surface area contributed by atoms with E-state index < -0.39 is 0 Å². The molecule has 1 amide bonds. The molecule has 0 aromatic carbocycles. The number of amides is 1. The van der Waals surface area contributed by atoms with E-state index in [2.05, 4.69) is 10.3 Å². The Bertz CT molecular complexity index is 329. The summed E-state index contributed by atoms with van der Waals surface area (Å²) in [5.41, 5.74) is 0.594. The van der Waals surface area contributed by atoms with Crippen molar-refractivity contribution in [2.75, 3.05) is 6.54 Å². The Morgan fingerprint density at radius 2 is 2.21 bits per heavy atom. The minimum absolute atomic E-state index is 0.120. The summed E-state index contributed by atoms with van der Waals surface area (Å²) in [5, 5.41) is 11.0. The molecule has 1 aromatic rings. The van der Waals surface area contributed by atoms with Crippen molar-refractivity contribution < 1.29 is 4.79 Å². The Morgan fingerprint density at radius 1 is 1.50 bits per heavy atom. The average molecular weight is 189 g/mol. The van der Waals surface area contributed by atoms with Crippen molar-refractivity contribution in [1.29, 1.82) is 5.26 Å². The number of rotatable bonds is 4. The second kappa shape index (κ2) is 5.70. The molecule has 14 heavy (non-hydrogen) atoms. The quantitative estimate of drug-likeness (QED) is 0.721. The van der Waals surface area contributed by atoms with Crippen molar-refractivity contribution in [2.45, 2.75) is 12.8 Å². The Morgan fingerprint density at radius 3 is 2.86 bits per heavy atom. The van der Waals surface area contributed by atoms with Crippen LogP contribution in [0.2, 0.25) is 0 Å². The van der Waals surface area contributed by atoms with Crippen molar-refractivity contribution in [3.8, 4) is 6.07 Å². The third kappa shape index (κ3) is 3.23. The van der Waals surface area contributed by atoms with Crippen molar-refractivity contribution in [1.82, 2.24) is 10.3 Å². The summed E-state index contributed by atoms with van der Waals surface area (Å²) in [5.74, 6) is -0.120. The molecule has 1 rings (SSSR count). The number of carbonyl (C=O) groups is 1. The lowest BCUT2D eigenvalue weighted by atomic mass is 10.2. The Hall–Kier alpha value is -1.89. The van der Waals surface area contributed by atoms with Crippen LogP contribution in [0.5, 0.6) is 0 Å². The largest absolute Gasteiger partial charge is 0.352 e. The molecule has 0 aliphatic heterocycles. The number of nitriles is 1. The lowest BCUT2D eigenvalue weighted by molar-refractivity contribution is 0.0953. The van der Waals surface area contributed by atoms with E-state index in [1.165, 1.54) is 0 Å². The zero-order chi connectivity index (χ0) is 10.2. The predicted molar refractivity (Wildman–Crippen MR) is 51.4 cm³/mol. The third-order valence-electron chi connectivity index (χ3n) is 1.69. The number of hydrogen-bond donors (Lipinski definition) is 1. The maximum absolute atomic E-state index is 11.4. The van der Waals surface area contributed by atoms with Gasteiger partial charge in [0, 0.05) is 30.9 Å². The molecule has 1 N–H and O–H groups in total. The van der Waals surface area contributed by atoms with Gasteiger partial charge in [0.05, 0.1) is 6.07 Å². The molecule has 0 spiro atoms. The van der Waals surface area contributed by atoms with Gasteiger partial charge in [-0.1, -0.05) is 0 Å². The van der Waals surface area contributed by atoms with Gasteiger partial charge in [0.15, 0.2) is 0 Å². The van der Waals surface area contributed by atoms with Crippen molar-refractivity contribution in [2.24, 2.45) is 0 Å². The molecule has 0 fully saturated rings. The monoisotopic (exact) mass is 189 g/mol. The second-order valence-electron chi connectivity index (χ2n) is 2.75. The van der Waals surface area contributed by atoms with Crippen LogP contribution in [0.25, 0.3) is 0 Å².